The molecule has 2 amide bonds. The van der Waals surface area contributed by atoms with E-state index >= 15 is 0 Å². The molecule has 0 radical (unpaired) electrons. The Bertz CT molecular complexity index is 456. The number of carbonyl (C=O) groups is 2. The molecule has 1 heterocycles. The second-order valence-corrected chi connectivity index (χ2v) is 4.26. The third kappa shape index (κ3) is 2.45. The van der Waals surface area contributed by atoms with E-state index in [1.54, 1.807) is 18.9 Å². The van der Waals surface area contributed by atoms with Crippen LogP contribution in [0, 0.1) is 0 Å². The minimum Gasteiger partial charge on any atom is -0.497 e. The Kier molecular flexibility index (Phi) is 3.50. The van der Waals surface area contributed by atoms with Gasteiger partial charge >= 0.3 is 0 Å². The number of nitrogens with zero attached hydrogens (tertiary/aromatic N) is 1. The molecule has 1 N–H and O–H groups in total. The SMILES string of the molecule is COc1ccc(CN2C(=O)CNC(=O)C2C)cc1. The molecule has 0 aliphatic carbocycles. The van der Waals surface area contributed by atoms with Crippen LogP contribution in [0.25, 0.3) is 0 Å². The fourth-order valence-electron chi connectivity index (χ4n) is 1.92. The zero-order valence-corrected chi connectivity index (χ0v) is 10.5. The molecule has 0 saturated carbocycles. The van der Waals surface area contributed by atoms with Gasteiger partial charge in [-0.1, -0.05) is 12.1 Å². The number of methoxy groups -OCH3 is 1. The van der Waals surface area contributed by atoms with E-state index in [-0.39, 0.29) is 18.4 Å². The van der Waals surface area contributed by atoms with Crippen molar-refractivity contribution in [2.75, 3.05) is 13.7 Å². The molecule has 1 saturated heterocycles. The fourth-order valence-corrected chi connectivity index (χ4v) is 1.92. The maximum absolute atomic E-state index is 11.8. The normalized spacial score (nSPS) is 19.7. The maximum Gasteiger partial charge on any atom is 0.242 e. The predicted molar refractivity (Wildman–Crippen MR) is 66.0 cm³/mol. The Morgan fingerprint density at radius 2 is 2.00 bits per heavy atom. The van der Waals surface area contributed by atoms with E-state index in [9.17, 15) is 9.59 Å². The van der Waals surface area contributed by atoms with E-state index in [1.807, 2.05) is 24.3 Å². The summed E-state index contributed by atoms with van der Waals surface area (Å²) < 4.78 is 5.07. The van der Waals surface area contributed by atoms with E-state index in [4.69, 9.17) is 4.74 Å². The summed E-state index contributed by atoms with van der Waals surface area (Å²) in [5, 5.41) is 2.57. The van der Waals surface area contributed by atoms with Crippen molar-refractivity contribution < 1.29 is 14.3 Å². The number of carbonyl (C=O) groups excluding carboxylic acids is 2. The summed E-state index contributed by atoms with van der Waals surface area (Å²) in [5.41, 5.74) is 0.978. The Hall–Kier alpha value is -2.04. The van der Waals surface area contributed by atoms with E-state index in [1.165, 1.54) is 0 Å². The number of rotatable bonds is 3. The third-order valence-corrected chi connectivity index (χ3v) is 3.09. The van der Waals surface area contributed by atoms with Crippen molar-refractivity contribution in [2.24, 2.45) is 0 Å². The van der Waals surface area contributed by atoms with Crippen molar-refractivity contribution in [3.63, 3.8) is 0 Å². The Labute approximate surface area is 106 Å². The largest absolute Gasteiger partial charge is 0.497 e. The van der Waals surface area contributed by atoms with Crippen molar-refractivity contribution in [1.82, 2.24) is 10.2 Å². The molecule has 1 unspecified atom stereocenters. The highest BCUT2D eigenvalue weighted by Crippen LogP contribution is 2.15. The first kappa shape index (κ1) is 12.4. The topological polar surface area (TPSA) is 58.6 Å². The highest BCUT2D eigenvalue weighted by Gasteiger charge is 2.30. The summed E-state index contributed by atoms with van der Waals surface area (Å²) >= 11 is 0. The molecule has 0 aromatic heterocycles. The second-order valence-electron chi connectivity index (χ2n) is 4.26. The zero-order chi connectivity index (χ0) is 13.1. The molecule has 1 fully saturated rings. The van der Waals surface area contributed by atoms with Crippen molar-refractivity contribution in [3.05, 3.63) is 29.8 Å². The van der Waals surface area contributed by atoms with Gasteiger partial charge in [0.2, 0.25) is 11.8 Å². The number of benzene rings is 1. The lowest BCUT2D eigenvalue weighted by Gasteiger charge is -2.32. The van der Waals surface area contributed by atoms with Gasteiger partial charge in [0, 0.05) is 6.54 Å². The van der Waals surface area contributed by atoms with Crippen molar-refractivity contribution in [3.8, 4) is 5.75 Å². The van der Waals surface area contributed by atoms with Crippen molar-refractivity contribution in [1.29, 1.82) is 0 Å². The Balaban J connectivity index is 2.11. The van der Waals surface area contributed by atoms with Gasteiger partial charge in [0.15, 0.2) is 0 Å². The fraction of sp³-hybridized carbons (Fsp3) is 0.385. The van der Waals surface area contributed by atoms with Gasteiger partial charge in [0.1, 0.15) is 11.8 Å². The molecule has 2 rings (SSSR count). The quantitative estimate of drug-likeness (QED) is 0.849. The van der Waals surface area contributed by atoms with Crippen LogP contribution in [0.1, 0.15) is 12.5 Å². The first-order chi connectivity index (χ1) is 8.61. The average Bonchev–Trinajstić information content (AvgIpc) is 2.40. The van der Waals surface area contributed by atoms with Gasteiger partial charge in [0.05, 0.1) is 13.7 Å². The van der Waals surface area contributed by atoms with Gasteiger partial charge in [0.25, 0.3) is 0 Å². The molecule has 5 nitrogen and oxygen atoms in total. The molecular formula is C13H16N2O3. The van der Waals surface area contributed by atoms with Crippen LogP contribution in [0.2, 0.25) is 0 Å². The molecule has 1 aliphatic heterocycles. The predicted octanol–water partition coefficient (Wildman–Crippen LogP) is 0.542. The second kappa shape index (κ2) is 5.08. The summed E-state index contributed by atoms with van der Waals surface area (Å²) in [7, 11) is 1.61. The van der Waals surface area contributed by atoms with E-state index in [0.717, 1.165) is 11.3 Å². The van der Waals surface area contributed by atoms with Gasteiger partial charge in [-0.05, 0) is 24.6 Å². The summed E-state index contributed by atoms with van der Waals surface area (Å²) in [4.78, 5) is 24.9. The van der Waals surface area contributed by atoms with Gasteiger partial charge in [-0.15, -0.1) is 0 Å². The Morgan fingerprint density at radius 1 is 1.33 bits per heavy atom. The van der Waals surface area contributed by atoms with E-state index in [0.29, 0.717) is 6.54 Å². The van der Waals surface area contributed by atoms with Crippen LogP contribution in [0.5, 0.6) is 5.75 Å². The van der Waals surface area contributed by atoms with Crippen LogP contribution in [-0.4, -0.2) is 36.4 Å². The first-order valence-corrected chi connectivity index (χ1v) is 5.82. The van der Waals surface area contributed by atoms with Crippen LogP contribution in [0.4, 0.5) is 0 Å². The molecule has 18 heavy (non-hydrogen) atoms. The molecule has 0 spiro atoms. The highest BCUT2D eigenvalue weighted by atomic mass is 16.5. The monoisotopic (exact) mass is 248 g/mol. The minimum absolute atomic E-state index is 0.0575. The summed E-state index contributed by atoms with van der Waals surface area (Å²) in [6.07, 6.45) is 0. The van der Waals surface area contributed by atoms with Gasteiger partial charge < -0.3 is 15.0 Å². The number of hydrogen-bond acceptors (Lipinski definition) is 3. The number of hydrogen-bond donors (Lipinski definition) is 1. The summed E-state index contributed by atoms with van der Waals surface area (Å²) in [6, 6.07) is 7.05. The molecule has 5 heteroatoms. The van der Waals surface area contributed by atoms with Crippen LogP contribution >= 0.6 is 0 Å². The lowest BCUT2D eigenvalue weighted by Crippen LogP contribution is -2.56. The smallest absolute Gasteiger partial charge is 0.242 e. The third-order valence-electron chi connectivity index (χ3n) is 3.09. The molecule has 1 atom stereocenters. The van der Waals surface area contributed by atoms with Gasteiger partial charge in [-0.3, -0.25) is 9.59 Å². The average molecular weight is 248 g/mol. The number of piperazine rings is 1. The first-order valence-electron chi connectivity index (χ1n) is 5.82. The van der Waals surface area contributed by atoms with Gasteiger partial charge in [-0.25, -0.2) is 0 Å². The van der Waals surface area contributed by atoms with Crippen LogP contribution in [0.15, 0.2) is 24.3 Å². The molecule has 1 aromatic rings. The maximum atomic E-state index is 11.8. The lowest BCUT2D eigenvalue weighted by molar-refractivity contribution is -0.145. The zero-order valence-electron chi connectivity index (χ0n) is 10.5. The lowest BCUT2D eigenvalue weighted by atomic mass is 10.1. The molecule has 96 valence electrons. The van der Waals surface area contributed by atoms with Crippen molar-refractivity contribution >= 4 is 11.8 Å². The standard InChI is InChI=1S/C13H16N2O3/c1-9-13(17)14-7-12(16)15(9)8-10-3-5-11(18-2)6-4-10/h3-6,9H,7-8H2,1-2H3,(H,14,17). The number of ether oxygens (including phenoxy) is 1. The molecular weight excluding hydrogens is 232 g/mol. The molecule has 1 aromatic carbocycles. The minimum atomic E-state index is -0.423. The van der Waals surface area contributed by atoms with Crippen LogP contribution in [-0.2, 0) is 16.1 Å². The number of amides is 2. The highest BCUT2D eigenvalue weighted by molar-refractivity contribution is 5.94. The van der Waals surface area contributed by atoms with Gasteiger partial charge in [-0.2, -0.15) is 0 Å². The summed E-state index contributed by atoms with van der Waals surface area (Å²) in [6.45, 7) is 2.26. The van der Waals surface area contributed by atoms with Crippen LogP contribution < -0.4 is 10.1 Å². The van der Waals surface area contributed by atoms with E-state index < -0.39 is 6.04 Å². The van der Waals surface area contributed by atoms with E-state index in [2.05, 4.69) is 5.32 Å². The summed E-state index contributed by atoms with van der Waals surface area (Å²) in [5.74, 6) is 0.607. The van der Waals surface area contributed by atoms with Crippen LogP contribution in [0.3, 0.4) is 0 Å². The Morgan fingerprint density at radius 3 is 2.61 bits per heavy atom. The molecule has 0 bridgehead atoms. The number of nitrogens with one attached hydrogen (secondary N) is 1. The van der Waals surface area contributed by atoms with Crippen molar-refractivity contribution in [2.45, 2.75) is 19.5 Å². The molecule has 1 aliphatic rings.